The van der Waals surface area contributed by atoms with Gasteiger partial charge in [-0.05, 0) is 116 Å². The van der Waals surface area contributed by atoms with Crippen LogP contribution in [0.25, 0.3) is 52.0 Å². The molecule has 0 spiro atoms. The molecule has 1 aliphatic heterocycles. The number of carbonyl (C=O) groups excluding carboxylic acids is 2. The Balaban J connectivity index is 0.000000150. The number of imidazole rings is 1. The summed E-state index contributed by atoms with van der Waals surface area (Å²) in [6.07, 6.45) is 8.49. The summed E-state index contributed by atoms with van der Waals surface area (Å²) < 4.78 is 155. The lowest BCUT2D eigenvalue weighted by Gasteiger charge is -2.29. The zero-order valence-corrected chi connectivity index (χ0v) is 73.7. The maximum Gasteiger partial charge on any atom is 0.348 e. The monoisotopic (exact) mass is 1900 g/mol. The number of aromatic amines is 1. The number of nitro benzene ring substituents is 1. The quantitative estimate of drug-likeness (QED) is 0.0174. The van der Waals surface area contributed by atoms with Gasteiger partial charge in [-0.2, -0.15) is 47.4 Å². The van der Waals surface area contributed by atoms with Crippen molar-refractivity contribution in [3.63, 3.8) is 0 Å². The number of fused-ring (bicyclic) bond motifs is 5. The minimum absolute atomic E-state index is 0.0571. The van der Waals surface area contributed by atoms with Crippen LogP contribution in [0.1, 0.15) is 73.4 Å². The van der Waals surface area contributed by atoms with Gasteiger partial charge < -0.3 is 18.9 Å². The van der Waals surface area contributed by atoms with E-state index < -0.39 is 78.8 Å². The van der Waals surface area contributed by atoms with Crippen LogP contribution in [-0.4, -0.2) is 159 Å². The molecule has 123 heavy (non-hydrogen) atoms. The summed E-state index contributed by atoms with van der Waals surface area (Å²) in [7, 11) is -19.0. The van der Waals surface area contributed by atoms with Crippen molar-refractivity contribution in [1.29, 1.82) is 5.26 Å². The second-order valence-electron chi connectivity index (χ2n) is 25.5. The molecule has 634 valence electrons. The number of nitriles is 1. The van der Waals surface area contributed by atoms with Crippen LogP contribution in [0.5, 0.6) is 0 Å². The van der Waals surface area contributed by atoms with Gasteiger partial charge in [0.1, 0.15) is 48.3 Å². The van der Waals surface area contributed by atoms with Crippen LogP contribution in [0.15, 0.2) is 230 Å². The molecular weight excluding hydrogens is 1840 g/mol. The van der Waals surface area contributed by atoms with Crippen molar-refractivity contribution in [2.24, 2.45) is 25.8 Å². The highest BCUT2D eigenvalue weighted by atomic mass is 35.5. The fourth-order valence-electron chi connectivity index (χ4n) is 10.0. The molecule has 8 aromatic carbocycles. The van der Waals surface area contributed by atoms with Gasteiger partial charge in [0, 0.05) is 60.1 Å². The molecule has 0 bridgehead atoms. The number of halogens is 3. The average molecular weight is 1900 g/mol. The van der Waals surface area contributed by atoms with E-state index in [-0.39, 0.29) is 60.9 Å². The number of benzene rings is 8. The van der Waals surface area contributed by atoms with Crippen molar-refractivity contribution in [2.45, 2.75) is 26.6 Å². The maximum atomic E-state index is 12.2. The molecule has 15 rings (SSSR count). The number of H-pyrrole nitrogens is 1. The molecule has 0 atom stereocenters. The van der Waals surface area contributed by atoms with Gasteiger partial charge in [-0.3, -0.25) is 31.5 Å². The highest BCUT2D eigenvalue weighted by molar-refractivity contribution is 7.86. The molecule has 0 aliphatic carbocycles. The number of oxazole rings is 1. The molecular formula is C75H57Cl3N14O22S9. The third-order valence-electron chi connectivity index (χ3n) is 15.1. The van der Waals surface area contributed by atoms with E-state index in [2.05, 4.69) is 82.1 Å². The summed E-state index contributed by atoms with van der Waals surface area (Å²) >= 11 is 23.6. The van der Waals surface area contributed by atoms with E-state index in [1.165, 1.54) is 102 Å². The number of non-ortho nitro benzene ring substituents is 1. The van der Waals surface area contributed by atoms with Crippen LogP contribution >= 0.6 is 80.1 Å². The molecule has 1 N–H and O–H groups in total. The maximum absolute atomic E-state index is 12.2. The number of aromatic nitrogens is 7. The molecule has 7 heterocycles. The van der Waals surface area contributed by atoms with E-state index in [9.17, 15) is 61.8 Å². The van der Waals surface area contributed by atoms with Gasteiger partial charge in [0.05, 0.1) is 98.7 Å². The molecule has 0 radical (unpaired) electrons. The molecule has 0 unspecified atom stereocenters. The van der Waals surface area contributed by atoms with Crippen molar-refractivity contribution in [3.05, 3.63) is 285 Å². The normalized spacial score (nSPS) is 13.5. The summed E-state index contributed by atoms with van der Waals surface area (Å²) in [5.41, 5.74) is 6.89. The van der Waals surface area contributed by atoms with E-state index in [1.807, 2.05) is 104 Å². The third kappa shape index (κ3) is 25.8. The number of para-hydroxylation sites is 5. The van der Waals surface area contributed by atoms with Gasteiger partial charge in [-0.25, -0.2) is 39.5 Å². The fraction of sp³-hybridized carbons (Fsp3) is 0.120. The fourth-order valence-corrected chi connectivity index (χ4v) is 16.0. The summed E-state index contributed by atoms with van der Waals surface area (Å²) in [6, 6.07) is 52.2. The lowest BCUT2D eigenvalue weighted by molar-refractivity contribution is -0.384. The molecule has 0 amide bonds. The van der Waals surface area contributed by atoms with E-state index in [1.54, 1.807) is 54.7 Å². The predicted molar refractivity (Wildman–Crippen MR) is 465 cm³/mol. The van der Waals surface area contributed by atoms with Crippen LogP contribution in [-0.2, 0) is 91.1 Å². The van der Waals surface area contributed by atoms with Gasteiger partial charge in [0.25, 0.3) is 17.4 Å². The van der Waals surface area contributed by atoms with Crippen molar-refractivity contribution in [1.82, 2.24) is 34.9 Å². The Morgan fingerprint density at radius 1 is 0.512 bits per heavy atom. The number of ether oxygens (including phenoxy) is 2. The van der Waals surface area contributed by atoms with Crippen LogP contribution in [0, 0.1) is 28.4 Å². The van der Waals surface area contributed by atoms with Crippen LogP contribution < -0.4 is 0 Å². The number of nitro groups is 1. The molecule has 6 aromatic heterocycles. The highest BCUT2D eigenvalue weighted by Gasteiger charge is 2.40. The van der Waals surface area contributed by atoms with Gasteiger partial charge in [-0.1, -0.05) is 127 Å². The number of esters is 2. The number of cyclic esters (lactones) is 2. The zero-order chi connectivity index (χ0) is 88.9. The number of oxime groups is 5. The van der Waals surface area contributed by atoms with Crippen molar-refractivity contribution < 1.29 is 91.9 Å². The number of nitrogens with one attached hydrogen (secondary N) is 1. The number of carbonyl (C=O) groups is 2. The standard InChI is InChI=1S/C17H16N2O7S2.C16H11N3O3S2.C15H9Cl3N2O3S2.C15H11N3O5S2.C12H10N4O4S/c1-9-5-6-11-13(7-9)27-14(18-11)12(19-26-28(4,22)23)8-10-15(20)24-17(2,3)25-16(10)21;1-24(20,21)22-19-15(12-8-6-11(10-17)7-9-12)16-18-13-4-2-3-5-14(13)23-16;1-25(21,22)23-20-14(13-9(17)6-8(16)7-10(13)18)15-19-11-4-2-3-5-12(11)24-15;1-25(21,22)23-17-14(10-6-8-11(9-7-10)18(19)20)15-16-12-4-2-3-5-13(12)24-15;1-21(17,18)20-16-10(11-13-6-7-14-11)12-15-8-4-2-3-5-9(8)19-12/h5-8H,1-4H3;2-9H,1H3;2-7H,1H3;2-9H,1H3;2-7H,1H3,(H,13,14)/b19-12+;19-15+;20-14+;17-14+;16-10+. The lowest BCUT2D eigenvalue weighted by atomic mass is 10.1. The second kappa shape index (κ2) is 38.7. The number of hydrogen-bond donors (Lipinski definition) is 1. The first-order valence-electron chi connectivity index (χ1n) is 34.2. The highest BCUT2D eigenvalue weighted by Crippen LogP contribution is 2.36. The number of allylic oxidation sites excluding steroid dienone is 1. The summed E-state index contributed by atoms with van der Waals surface area (Å²) in [6.45, 7) is 4.74. The zero-order valence-electron chi connectivity index (χ0n) is 64.1. The van der Waals surface area contributed by atoms with Gasteiger partial charge in [-0.15, -0.1) is 45.3 Å². The first kappa shape index (κ1) is 91.3. The number of hydrogen-bond acceptors (Lipinski definition) is 38. The third-order valence-corrected chi connectivity index (χ3v) is 21.8. The Labute approximate surface area is 729 Å². The largest absolute Gasteiger partial charge is 0.435 e. The van der Waals surface area contributed by atoms with Crippen molar-refractivity contribution >= 4 is 229 Å². The average Bonchev–Trinajstić information content (AvgIpc) is 1.60. The summed E-state index contributed by atoms with van der Waals surface area (Å²) in [4.78, 5) is 63.4. The van der Waals surface area contributed by atoms with Crippen LogP contribution in [0.4, 0.5) is 5.69 Å². The smallest absolute Gasteiger partial charge is 0.348 e. The number of aryl methyl sites for hydroxylation is 1. The lowest BCUT2D eigenvalue weighted by Crippen LogP contribution is -2.42. The van der Waals surface area contributed by atoms with Crippen molar-refractivity contribution in [3.8, 4) is 6.07 Å². The Morgan fingerprint density at radius 2 is 0.919 bits per heavy atom. The topological polar surface area (TPSA) is 504 Å². The molecule has 14 aromatic rings. The molecule has 1 fully saturated rings. The number of thiazole rings is 4. The minimum atomic E-state index is -3.92. The van der Waals surface area contributed by atoms with Gasteiger partial charge in [0.2, 0.25) is 5.71 Å². The Bertz CT molecular complexity index is 7100. The first-order chi connectivity index (χ1) is 58.0. The Kier molecular flexibility index (Phi) is 28.7. The molecule has 1 aliphatic rings. The first-order valence-corrected chi connectivity index (χ1v) is 47.7. The Morgan fingerprint density at radius 3 is 1.36 bits per heavy atom. The predicted octanol–water partition coefficient (Wildman–Crippen LogP) is 14.1. The van der Waals surface area contributed by atoms with E-state index in [0.29, 0.717) is 59.1 Å². The Hall–Kier alpha value is -12.5. The molecule has 48 heteroatoms. The second-order valence-corrected chi connectivity index (χ2v) is 38.6. The van der Waals surface area contributed by atoms with Crippen molar-refractivity contribution in [2.75, 3.05) is 31.3 Å². The summed E-state index contributed by atoms with van der Waals surface area (Å²) in [5, 5.41) is 40.5. The van der Waals surface area contributed by atoms with E-state index in [0.717, 1.165) is 78.3 Å². The van der Waals surface area contributed by atoms with Crippen LogP contribution in [0.3, 0.4) is 0 Å². The van der Waals surface area contributed by atoms with Gasteiger partial charge in [0.15, 0.2) is 17.1 Å². The summed E-state index contributed by atoms with van der Waals surface area (Å²) in [5.74, 6) is -2.87. The number of nitrogens with zero attached hydrogens (tertiary/aromatic N) is 13. The molecule has 36 nitrogen and oxygen atoms in total. The minimum Gasteiger partial charge on any atom is -0.435 e. The van der Waals surface area contributed by atoms with Gasteiger partial charge >= 0.3 is 62.5 Å². The van der Waals surface area contributed by atoms with Crippen LogP contribution in [0.2, 0.25) is 15.1 Å². The SMILES string of the molecule is CS(=O)(=O)O/N=C(/c1nc2ccccc2s1)c1c(Cl)cc(Cl)cc1Cl.CS(=O)(=O)O/N=C(\c1ccc(C#N)cc1)c1nc2ccccc2s1.CS(=O)(=O)O/N=C(\c1ccc([N+](=O)[O-])cc1)c1nc2ccccc2s1.CS(=O)(=O)O/N=C(\c1ncc[nH]1)c1nc2ccccc2o1.Cc1ccc2nc(/C(C=C3C(=O)OC(C)(C)OC3=O)=N/OS(C)(=O)=O)sc2c1. The number of rotatable bonds is 21. The molecule has 1 saturated heterocycles. The van der Waals surface area contributed by atoms with E-state index >= 15 is 0 Å². The molecule has 0 saturated carbocycles. The van der Waals surface area contributed by atoms with E-state index in [4.69, 9.17) is 54.0 Å².